The van der Waals surface area contributed by atoms with E-state index in [0.29, 0.717) is 24.3 Å². The van der Waals surface area contributed by atoms with Crippen LogP contribution in [0.3, 0.4) is 0 Å². The molecule has 1 aromatic carbocycles. The van der Waals surface area contributed by atoms with Gasteiger partial charge < -0.3 is 20.5 Å². The normalized spacial score (nSPS) is 17.4. The number of carboxylic acids is 1. The molecule has 1 aliphatic heterocycles. The van der Waals surface area contributed by atoms with Gasteiger partial charge in [-0.3, -0.25) is 9.59 Å². The second kappa shape index (κ2) is 7.62. The number of anilines is 1. The molecule has 2 unspecified atom stereocenters. The van der Waals surface area contributed by atoms with Crippen LogP contribution in [0.5, 0.6) is 5.75 Å². The fourth-order valence-corrected chi connectivity index (χ4v) is 2.31. The molecule has 7 heteroatoms. The molecule has 7 nitrogen and oxygen atoms in total. The van der Waals surface area contributed by atoms with E-state index in [2.05, 4.69) is 10.6 Å². The number of aliphatic carboxylic acids is 1. The third-order valence-corrected chi connectivity index (χ3v) is 3.56. The van der Waals surface area contributed by atoms with Crippen LogP contribution in [-0.4, -0.2) is 35.0 Å². The van der Waals surface area contributed by atoms with Crippen LogP contribution in [0.25, 0.3) is 0 Å². The standard InChI is InChI=1S/C16H20N2O5/c1-2-3-6-11(16(21)22)17-14(19)9-13-15(20)18-10-7-4-5-8-12(10)23-13/h4-5,7-8,11,13H,2-3,6,9H2,1H3,(H,17,19)(H,18,20)(H,21,22). The molecule has 0 aliphatic carbocycles. The number of nitrogens with one attached hydrogen (secondary N) is 2. The Labute approximate surface area is 134 Å². The van der Waals surface area contributed by atoms with Crippen molar-refractivity contribution in [2.24, 2.45) is 0 Å². The summed E-state index contributed by atoms with van der Waals surface area (Å²) < 4.78 is 5.52. The first kappa shape index (κ1) is 16.8. The highest BCUT2D eigenvalue weighted by Gasteiger charge is 2.30. The lowest BCUT2D eigenvalue weighted by Crippen LogP contribution is -2.45. The number of benzene rings is 1. The Morgan fingerprint density at radius 3 is 2.83 bits per heavy atom. The average molecular weight is 320 g/mol. The van der Waals surface area contributed by atoms with Gasteiger partial charge in [0.05, 0.1) is 12.1 Å². The lowest BCUT2D eigenvalue weighted by molar-refractivity contribution is -0.142. The molecule has 0 radical (unpaired) electrons. The molecule has 3 N–H and O–H groups in total. The maximum Gasteiger partial charge on any atom is 0.326 e. The quantitative estimate of drug-likeness (QED) is 0.707. The number of amides is 2. The summed E-state index contributed by atoms with van der Waals surface area (Å²) in [6.45, 7) is 1.94. The van der Waals surface area contributed by atoms with Crippen LogP contribution in [0, 0.1) is 0 Å². The van der Waals surface area contributed by atoms with Crippen molar-refractivity contribution < 1.29 is 24.2 Å². The Bertz CT molecular complexity index is 602. The Morgan fingerprint density at radius 1 is 1.39 bits per heavy atom. The summed E-state index contributed by atoms with van der Waals surface area (Å²) in [6.07, 6.45) is 0.703. The molecule has 0 spiro atoms. The number of hydrogen-bond acceptors (Lipinski definition) is 4. The summed E-state index contributed by atoms with van der Waals surface area (Å²) >= 11 is 0. The van der Waals surface area contributed by atoms with E-state index in [9.17, 15) is 14.4 Å². The van der Waals surface area contributed by atoms with E-state index in [1.807, 2.05) is 6.92 Å². The van der Waals surface area contributed by atoms with Gasteiger partial charge in [-0.25, -0.2) is 4.79 Å². The predicted octanol–water partition coefficient (Wildman–Crippen LogP) is 1.54. The molecule has 0 saturated heterocycles. The van der Waals surface area contributed by atoms with Gasteiger partial charge >= 0.3 is 5.97 Å². The summed E-state index contributed by atoms with van der Waals surface area (Å²) in [6, 6.07) is 5.98. The topological polar surface area (TPSA) is 105 Å². The molecular weight excluding hydrogens is 300 g/mol. The highest BCUT2D eigenvalue weighted by Crippen LogP contribution is 2.29. The smallest absolute Gasteiger partial charge is 0.326 e. The molecule has 1 aliphatic rings. The van der Waals surface area contributed by atoms with Crippen molar-refractivity contribution >= 4 is 23.5 Å². The summed E-state index contributed by atoms with van der Waals surface area (Å²) in [7, 11) is 0. The Kier molecular flexibility index (Phi) is 5.56. The van der Waals surface area contributed by atoms with Crippen LogP contribution < -0.4 is 15.4 Å². The SMILES string of the molecule is CCCCC(NC(=O)CC1Oc2ccccc2NC1=O)C(=O)O. The summed E-state index contributed by atoms with van der Waals surface area (Å²) in [5.41, 5.74) is 0.556. The van der Waals surface area contributed by atoms with Crippen LogP contribution >= 0.6 is 0 Å². The zero-order valence-electron chi connectivity index (χ0n) is 12.9. The molecular formula is C16H20N2O5. The number of fused-ring (bicyclic) bond motifs is 1. The molecule has 0 aromatic heterocycles. The molecule has 0 bridgehead atoms. The van der Waals surface area contributed by atoms with Crippen molar-refractivity contribution in [1.82, 2.24) is 5.32 Å². The zero-order chi connectivity index (χ0) is 16.8. The highest BCUT2D eigenvalue weighted by atomic mass is 16.5. The number of carbonyl (C=O) groups is 3. The van der Waals surface area contributed by atoms with Crippen LogP contribution in [-0.2, 0) is 14.4 Å². The molecule has 0 saturated carbocycles. The lowest BCUT2D eigenvalue weighted by atomic mass is 10.1. The Balaban J connectivity index is 1.94. The monoisotopic (exact) mass is 320 g/mol. The maximum atomic E-state index is 12.0. The fraction of sp³-hybridized carbons (Fsp3) is 0.438. The Hall–Kier alpha value is -2.57. The second-order valence-corrected chi connectivity index (χ2v) is 5.40. The largest absolute Gasteiger partial charge is 0.480 e. The van der Waals surface area contributed by atoms with Crippen molar-refractivity contribution in [2.45, 2.75) is 44.8 Å². The van der Waals surface area contributed by atoms with Gasteiger partial charge in [-0.1, -0.05) is 31.9 Å². The third kappa shape index (κ3) is 4.45. The predicted molar refractivity (Wildman–Crippen MR) is 83.2 cm³/mol. The van der Waals surface area contributed by atoms with Gasteiger partial charge in [-0.05, 0) is 18.6 Å². The average Bonchev–Trinajstić information content (AvgIpc) is 2.51. The van der Waals surface area contributed by atoms with Crippen molar-refractivity contribution in [2.75, 3.05) is 5.32 Å². The molecule has 1 aromatic rings. The highest BCUT2D eigenvalue weighted by molar-refractivity contribution is 6.00. The summed E-state index contributed by atoms with van der Waals surface area (Å²) in [5.74, 6) is -1.52. The molecule has 2 rings (SSSR count). The van der Waals surface area contributed by atoms with Crippen LogP contribution in [0.4, 0.5) is 5.69 Å². The van der Waals surface area contributed by atoms with E-state index in [0.717, 1.165) is 6.42 Å². The van der Waals surface area contributed by atoms with E-state index in [-0.39, 0.29) is 6.42 Å². The molecule has 23 heavy (non-hydrogen) atoms. The number of carbonyl (C=O) groups excluding carboxylic acids is 2. The van der Waals surface area contributed by atoms with E-state index in [1.54, 1.807) is 24.3 Å². The minimum Gasteiger partial charge on any atom is -0.480 e. The van der Waals surface area contributed by atoms with Crippen molar-refractivity contribution in [3.63, 3.8) is 0 Å². The van der Waals surface area contributed by atoms with Gasteiger partial charge in [0.1, 0.15) is 11.8 Å². The number of ether oxygens (including phenoxy) is 1. The van der Waals surface area contributed by atoms with Gasteiger partial charge in [0.15, 0.2) is 6.10 Å². The number of carboxylic acid groups (broad SMARTS) is 1. The first-order valence-electron chi connectivity index (χ1n) is 7.60. The maximum absolute atomic E-state index is 12.0. The lowest BCUT2D eigenvalue weighted by Gasteiger charge is -2.25. The van der Waals surface area contributed by atoms with Gasteiger partial charge in [0.2, 0.25) is 5.91 Å². The number of rotatable bonds is 7. The first-order chi connectivity index (χ1) is 11.0. The molecule has 2 atom stereocenters. The van der Waals surface area contributed by atoms with Crippen molar-refractivity contribution in [1.29, 1.82) is 0 Å². The molecule has 1 heterocycles. The molecule has 2 amide bonds. The zero-order valence-corrected chi connectivity index (χ0v) is 12.9. The summed E-state index contributed by atoms with van der Waals surface area (Å²) in [4.78, 5) is 35.1. The van der Waals surface area contributed by atoms with Crippen molar-refractivity contribution in [3.8, 4) is 5.75 Å². The van der Waals surface area contributed by atoms with Gasteiger partial charge in [-0.15, -0.1) is 0 Å². The van der Waals surface area contributed by atoms with Gasteiger partial charge in [0, 0.05) is 0 Å². The van der Waals surface area contributed by atoms with Gasteiger partial charge in [-0.2, -0.15) is 0 Å². The van der Waals surface area contributed by atoms with E-state index in [4.69, 9.17) is 9.84 Å². The minimum absolute atomic E-state index is 0.226. The van der Waals surface area contributed by atoms with Crippen LogP contribution in [0.1, 0.15) is 32.6 Å². The number of unbranched alkanes of at least 4 members (excludes halogenated alkanes) is 1. The van der Waals surface area contributed by atoms with Crippen LogP contribution in [0.15, 0.2) is 24.3 Å². The first-order valence-corrected chi connectivity index (χ1v) is 7.60. The molecule has 124 valence electrons. The van der Waals surface area contributed by atoms with E-state index >= 15 is 0 Å². The molecule has 0 fully saturated rings. The van der Waals surface area contributed by atoms with E-state index in [1.165, 1.54) is 0 Å². The van der Waals surface area contributed by atoms with Crippen LogP contribution in [0.2, 0.25) is 0 Å². The number of hydrogen-bond donors (Lipinski definition) is 3. The second-order valence-electron chi connectivity index (χ2n) is 5.40. The van der Waals surface area contributed by atoms with Crippen molar-refractivity contribution in [3.05, 3.63) is 24.3 Å². The third-order valence-electron chi connectivity index (χ3n) is 3.56. The van der Waals surface area contributed by atoms with E-state index < -0.39 is 29.9 Å². The minimum atomic E-state index is -1.08. The summed E-state index contributed by atoms with van der Waals surface area (Å²) in [5, 5.41) is 14.2. The van der Waals surface area contributed by atoms with Gasteiger partial charge in [0.25, 0.3) is 5.91 Å². The number of para-hydroxylation sites is 2. The fourth-order valence-electron chi connectivity index (χ4n) is 2.31. The Morgan fingerprint density at radius 2 is 2.13 bits per heavy atom.